The van der Waals surface area contributed by atoms with Gasteiger partial charge in [0.2, 0.25) is 0 Å². The lowest BCUT2D eigenvalue weighted by atomic mass is 9.80. The van der Waals surface area contributed by atoms with Gasteiger partial charge < -0.3 is 10.5 Å². The molecule has 3 atom stereocenters. The van der Waals surface area contributed by atoms with Crippen LogP contribution in [-0.4, -0.2) is 19.3 Å². The highest BCUT2D eigenvalue weighted by molar-refractivity contribution is 4.79. The second-order valence-electron chi connectivity index (χ2n) is 3.91. The molecule has 1 saturated carbocycles. The maximum atomic E-state index is 5.69. The Morgan fingerprint density at radius 2 is 2.17 bits per heavy atom. The van der Waals surface area contributed by atoms with Gasteiger partial charge in [-0.05, 0) is 38.1 Å². The highest BCUT2D eigenvalue weighted by Gasteiger charge is 2.27. The lowest BCUT2D eigenvalue weighted by Gasteiger charge is -2.33. The minimum absolute atomic E-state index is 0.434. The number of rotatable bonds is 3. The molecule has 0 heterocycles. The Morgan fingerprint density at radius 3 is 2.75 bits per heavy atom. The van der Waals surface area contributed by atoms with Crippen LogP contribution in [0, 0.1) is 11.8 Å². The molecule has 0 spiro atoms. The summed E-state index contributed by atoms with van der Waals surface area (Å²) in [6.07, 6.45) is 4.22. The third kappa shape index (κ3) is 2.46. The second kappa shape index (κ2) is 4.83. The molecule has 1 aliphatic carbocycles. The molecule has 3 unspecified atom stereocenters. The number of hydrogen-bond donors (Lipinski definition) is 1. The summed E-state index contributed by atoms with van der Waals surface area (Å²) in [7, 11) is 0. The molecule has 1 fully saturated rings. The van der Waals surface area contributed by atoms with Gasteiger partial charge in [-0.1, -0.05) is 13.3 Å². The Kier molecular flexibility index (Phi) is 4.02. The van der Waals surface area contributed by atoms with Crippen molar-refractivity contribution in [3.63, 3.8) is 0 Å². The molecular weight excluding hydrogens is 150 g/mol. The van der Waals surface area contributed by atoms with Crippen molar-refractivity contribution in [3.8, 4) is 0 Å². The van der Waals surface area contributed by atoms with E-state index in [4.69, 9.17) is 10.5 Å². The van der Waals surface area contributed by atoms with Crippen molar-refractivity contribution >= 4 is 0 Å². The molecule has 2 heteroatoms. The molecule has 2 N–H and O–H groups in total. The monoisotopic (exact) mass is 171 g/mol. The van der Waals surface area contributed by atoms with Gasteiger partial charge in [0.05, 0.1) is 6.10 Å². The average molecular weight is 171 g/mol. The summed E-state index contributed by atoms with van der Waals surface area (Å²) in [6, 6.07) is 0. The molecule has 0 saturated heterocycles. The van der Waals surface area contributed by atoms with Gasteiger partial charge in [0, 0.05) is 6.61 Å². The van der Waals surface area contributed by atoms with E-state index in [1.165, 1.54) is 19.3 Å². The van der Waals surface area contributed by atoms with E-state index in [2.05, 4.69) is 13.8 Å². The first-order valence-corrected chi connectivity index (χ1v) is 5.09. The van der Waals surface area contributed by atoms with Crippen LogP contribution >= 0.6 is 0 Å². The topological polar surface area (TPSA) is 35.2 Å². The van der Waals surface area contributed by atoms with Crippen molar-refractivity contribution in [2.75, 3.05) is 13.2 Å². The van der Waals surface area contributed by atoms with Gasteiger partial charge in [0.25, 0.3) is 0 Å². The standard InChI is InChI=1S/C10H21NO/c1-3-12-10-6-8(2)4-5-9(10)7-11/h8-10H,3-7,11H2,1-2H3. The van der Waals surface area contributed by atoms with E-state index in [1.54, 1.807) is 0 Å². The summed E-state index contributed by atoms with van der Waals surface area (Å²) in [5.41, 5.74) is 5.69. The lowest BCUT2D eigenvalue weighted by molar-refractivity contribution is -0.0146. The van der Waals surface area contributed by atoms with E-state index < -0.39 is 0 Å². The molecule has 0 amide bonds. The lowest BCUT2D eigenvalue weighted by Crippen LogP contribution is -2.35. The van der Waals surface area contributed by atoms with Gasteiger partial charge in [-0.15, -0.1) is 0 Å². The molecule has 0 aromatic heterocycles. The van der Waals surface area contributed by atoms with E-state index in [-0.39, 0.29) is 0 Å². The van der Waals surface area contributed by atoms with Crippen LogP contribution in [0.25, 0.3) is 0 Å². The first-order chi connectivity index (χ1) is 5.77. The highest BCUT2D eigenvalue weighted by Crippen LogP contribution is 2.30. The number of ether oxygens (including phenoxy) is 1. The third-order valence-electron chi connectivity index (χ3n) is 2.87. The van der Waals surface area contributed by atoms with E-state index in [1.807, 2.05) is 0 Å². The van der Waals surface area contributed by atoms with E-state index >= 15 is 0 Å². The Morgan fingerprint density at radius 1 is 1.42 bits per heavy atom. The first kappa shape index (κ1) is 10.0. The third-order valence-corrected chi connectivity index (χ3v) is 2.87. The highest BCUT2D eigenvalue weighted by atomic mass is 16.5. The van der Waals surface area contributed by atoms with E-state index in [0.29, 0.717) is 12.0 Å². The van der Waals surface area contributed by atoms with Crippen molar-refractivity contribution in [2.24, 2.45) is 17.6 Å². The summed E-state index contributed by atoms with van der Waals surface area (Å²) < 4.78 is 5.68. The number of nitrogens with two attached hydrogens (primary N) is 1. The fourth-order valence-electron chi connectivity index (χ4n) is 2.08. The van der Waals surface area contributed by atoms with Gasteiger partial charge in [-0.3, -0.25) is 0 Å². The minimum atomic E-state index is 0.434. The van der Waals surface area contributed by atoms with Gasteiger partial charge >= 0.3 is 0 Å². The van der Waals surface area contributed by atoms with Gasteiger partial charge in [-0.2, -0.15) is 0 Å². The molecule has 0 radical (unpaired) electrons. The van der Waals surface area contributed by atoms with Crippen LogP contribution in [-0.2, 0) is 4.74 Å². The molecule has 0 aromatic rings. The average Bonchev–Trinajstić information content (AvgIpc) is 2.05. The van der Waals surface area contributed by atoms with Gasteiger partial charge in [0.15, 0.2) is 0 Å². The Hall–Kier alpha value is -0.0800. The summed E-state index contributed by atoms with van der Waals surface area (Å²) in [5.74, 6) is 1.44. The van der Waals surface area contributed by atoms with Crippen molar-refractivity contribution in [3.05, 3.63) is 0 Å². The zero-order valence-corrected chi connectivity index (χ0v) is 8.25. The molecular formula is C10H21NO. The second-order valence-corrected chi connectivity index (χ2v) is 3.91. The fourth-order valence-corrected chi connectivity index (χ4v) is 2.08. The van der Waals surface area contributed by atoms with Crippen molar-refractivity contribution in [1.82, 2.24) is 0 Å². The zero-order valence-electron chi connectivity index (χ0n) is 8.25. The largest absolute Gasteiger partial charge is 0.378 e. The van der Waals surface area contributed by atoms with Crippen LogP contribution in [0.1, 0.15) is 33.1 Å². The van der Waals surface area contributed by atoms with Crippen LogP contribution in [0.2, 0.25) is 0 Å². The normalized spacial score (nSPS) is 36.8. The SMILES string of the molecule is CCOC1CC(C)CCC1CN. The molecule has 12 heavy (non-hydrogen) atoms. The van der Waals surface area contributed by atoms with Crippen LogP contribution in [0.4, 0.5) is 0 Å². The minimum Gasteiger partial charge on any atom is -0.378 e. The maximum Gasteiger partial charge on any atom is 0.0617 e. The Balaban J connectivity index is 2.40. The van der Waals surface area contributed by atoms with Crippen molar-refractivity contribution in [1.29, 1.82) is 0 Å². The van der Waals surface area contributed by atoms with Crippen LogP contribution in [0.15, 0.2) is 0 Å². The summed E-state index contributed by atoms with van der Waals surface area (Å²) in [4.78, 5) is 0. The first-order valence-electron chi connectivity index (χ1n) is 5.09. The maximum absolute atomic E-state index is 5.69. The van der Waals surface area contributed by atoms with Crippen LogP contribution < -0.4 is 5.73 Å². The molecule has 0 bridgehead atoms. The Bertz CT molecular complexity index is 127. The zero-order chi connectivity index (χ0) is 8.97. The smallest absolute Gasteiger partial charge is 0.0617 e. The van der Waals surface area contributed by atoms with Gasteiger partial charge in [-0.25, -0.2) is 0 Å². The Labute approximate surface area is 75.5 Å². The number of hydrogen-bond acceptors (Lipinski definition) is 2. The summed E-state index contributed by atoms with van der Waals surface area (Å²) in [6.45, 7) is 5.98. The van der Waals surface area contributed by atoms with Crippen molar-refractivity contribution < 1.29 is 4.74 Å². The quantitative estimate of drug-likeness (QED) is 0.702. The van der Waals surface area contributed by atoms with Gasteiger partial charge in [0.1, 0.15) is 0 Å². The molecule has 0 aromatic carbocycles. The molecule has 72 valence electrons. The van der Waals surface area contributed by atoms with Crippen molar-refractivity contribution in [2.45, 2.75) is 39.2 Å². The summed E-state index contributed by atoms with van der Waals surface area (Å²) in [5, 5.41) is 0. The summed E-state index contributed by atoms with van der Waals surface area (Å²) >= 11 is 0. The molecule has 1 aliphatic rings. The fraction of sp³-hybridized carbons (Fsp3) is 1.00. The predicted molar refractivity (Wildman–Crippen MR) is 51.0 cm³/mol. The predicted octanol–water partition coefficient (Wildman–Crippen LogP) is 1.79. The van der Waals surface area contributed by atoms with Crippen LogP contribution in [0.5, 0.6) is 0 Å². The molecule has 0 aliphatic heterocycles. The van der Waals surface area contributed by atoms with E-state index in [0.717, 1.165) is 19.1 Å². The van der Waals surface area contributed by atoms with E-state index in [9.17, 15) is 0 Å². The van der Waals surface area contributed by atoms with Crippen LogP contribution in [0.3, 0.4) is 0 Å². The molecule has 2 nitrogen and oxygen atoms in total. The molecule has 1 rings (SSSR count).